The van der Waals surface area contributed by atoms with Crippen molar-refractivity contribution in [3.8, 4) is 22.6 Å². The van der Waals surface area contributed by atoms with Crippen LogP contribution in [0.25, 0.3) is 38.6 Å². The third-order valence-electron chi connectivity index (χ3n) is 9.26. The molecule has 0 aliphatic heterocycles. The van der Waals surface area contributed by atoms with Gasteiger partial charge in [0.2, 0.25) is 0 Å². The number of aromatic nitrogens is 1. The summed E-state index contributed by atoms with van der Waals surface area (Å²) in [5.41, 5.74) is 11.4. The predicted molar refractivity (Wildman–Crippen MR) is 192 cm³/mol. The van der Waals surface area contributed by atoms with E-state index in [1.54, 1.807) is 0 Å². The maximum absolute atomic E-state index is 12.3. The smallest absolute Gasteiger partial charge is 0.147 e. The van der Waals surface area contributed by atoms with Gasteiger partial charge in [0.05, 0.1) is 16.7 Å². The van der Waals surface area contributed by atoms with Crippen LogP contribution >= 0.6 is 0 Å². The minimum Gasteiger partial charge on any atom is -0.505 e. The van der Waals surface area contributed by atoms with Crippen molar-refractivity contribution in [2.75, 3.05) is 0 Å². The lowest BCUT2D eigenvalue weighted by atomic mass is 9.71. The molecular formula is C42H53NO. The highest BCUT2D eigenvalue weighted by Gasteiger charge is 2.30. The highest BCUT2D eigenvalue weighted by molar-refractivity contribution is 6.10. The molecule has 5 aromatic rings. The third kappa shape index (κ3) is 5.93. The lowest BCUT2D eigenvalue weighted by Gasteiger charge is -2.34. The van der Waals surface area contributed by atoms with Crippen molar-refractivity contribution in [3.63, 3.8) is 0 Å². The lowest BCUT2D eigenvalue weighted by molar-refractivity contribution is 0.284. The maximum atomic E-state index is 12.3. The normalized spacial score (nSPS) is 13.3. The minimum atomic E-state index is -0.106. The molecule has 1 aromatic heterocycles. The number of aryl methyl sites for hydroxylation is 2. The summed E-state index contributed by atoms with van der Waals surface area (Å²) < 4.78 is 2.31. The molecule has 0 bridgehead atoms. The quantitative estimate of drug-likeness (QED) is 0.222. The molecule has 0 atom stereocenters. The van der Waals surface area contributed by atoms with E-state index in [1.807, 2.05) is 0 Å². The van der Waals surface area contributed by atoms with Crippen molar-refractivity contribution in [2.45, 2.75) is 113 Å². The topological polar surface area (TPSA) is 25.2 Å². The molecule has 0 unspecified atom stereocenters. The zero-order valence-electron chi connectivity index (χ0n) is 29.5. The van der Waals surface area contributed by atoms with Gasteiger partial charge in [-0.1, -0.05) is 112 Å². The molecule has 1 N–H and O–H groups in total. The van der Waals surface area contributed by atoms with Crippen LogP contribution in [0.2, 0.25) is 0 Å². The summed E-state index contributed by atoms with van der Waals surface area (Å²) in [5.74, 6) is 0.326. The summed E-state index contributed by atoms with van der Waals surface area (Å²) >= 11 is 0. The maximum Gasteiger partial charge on any atom is 0.147 e. The predicted octanol–water partition coefficient (Wildman–Crippen LogP) is 12.1. The standard InChI is InChI=1S/C42H53NO/c1-26-14-15-27(2)31(20-26)34-23-30(42(12,13)25-39(3,4)5)24-37(38(34)44)43-35-18-16-28(40(6,7)8)21-32(35)33-22-29(41(9,10)11)17-19-36(33)43/h14-24,44H,25H2,1-13H3. The Morgan fingerprint density at radius 1 is 0.568 bits per heavy atom. The first-order chi connectivity index (χ1) is 20.2. The van der Waals surface area contributed by atoms with Crippen LogP contribution in [0.3, 0.4) is 0 Å². The summed E-state index contributed by atoms with van der Waals surface area (Å²) in [4.78, 5) is 0. The number of aromatic hydroxyl groups is 1. The first kappa shape index (κ1) is 31.9. The van der Waals surface area contributed by atoms with E-state index in [1.165, 1.54) is 33.0 Å². The molecule has 0 saturated heterocycles. The number of fused-ring (bicyclic) bond motifs is 3. The molecule has 0 fully saturated rings. The third-order valence-corrected chi connectivity index (χ3v) is 9.26. The minimum absolute atomic E-state index is 0.0269. The number of rotatable bonds is 4. The summed E-state index contributed by atoms with van der Waals surface area (Å²) in [7, 11) is 0. The highest BCUT2D eigenvalue weighted by Crippen LogP contribution is 2.46. The van der Waals surface area contributed by atoms with E-state index >= 15 is 0 Å². The van der Waals surface area contributed by atoms with Gasteiger partial charge in [-0.3, -0.25) is 0 Å². The Morgan fingerprint density at radius 3 is 1.57 bits per heavy atom. The van der Waals surface area contributed by atoms with Crippen LogP contribution in [0.15, 0.2) is 66.7 Å². The monoisotopic (exact) mass is 587 g/mol. The van der Waals surface area contributed by atoms with Crippen LogP contribution in [-0.2, 0) is 16.2 Å². The Kier molecular flexibility index (Phi) is 7.64. The molecule has 0 aliphatic rings. The second-order valence-electron chi connectivity index (χ2n) is 17.1. The van der Waals surface area contributed by atoms with E-state index in [4.69, 9.17) is 0 Å². The van der Waals surface area contributed by atoms with E-state index in [0.29, 0.717) is 5.75 Å². The number of benzene rings is 4. The molecule has 0 saturated carbocycles. The molecule has 2 nitrogen and oxygen atoms in total. The number of hydrogen-bond acceptors (Lipinski definition) is 1. The van der Waals surface area contributed by atoms with Crippen LogP contribution in [-0.4, -0.2) is 9.67 Å². The van der Waals surface area contributed by atoms with Crippen molar-refractivity contribution in [2.24, 2.45) is 5.41 Å². The van der Waals surface area contributed by atoms with E-state index in [-0.39, 0.29) is 21.7 Å². The fourth-order valence-electron chi connectivity index (χ4n) is 7.06. The van der Waals surface area contributed by atoms with E-state index in [2.05, 4.69) is 161 Å². The lowest BCUT2D eigenvalue weighted by Crippen LogP contribution is -2.25. The summed E-state index contributed by atoms with van der Waals surface area (Å²) in [6.45, 7) is 29.5. The molecule has 44 heavy (non-hydrogen) atoms. The molecule has 5 rings (SSSR count). The molecule has 0 radical (unpaired) electrons. The van der Waals surface area contributed by atoms with Crippen LogP contribution in [0.5, 0.6) is 5.75 Å². The Hall–Kier alpha value is -3.52. The van der Waals surface area contributed by atoms with Gasteiger partial charge in [0, 0.05) is 16.3 Å². The van der Waals surface area contributed by atoms with E-state index < -0.39 is 0 Å². The van der Waals surface area contributed by atoms with Crippen LogP contribution in [0.4, 0.5) is 0 Å². The zero-order chi connectivity index (χ0) is 32.6. The Bertz CT molecular complexity index is 1810. The van der Waals surface area contributed by atoms with Gasteiger partial charge in [0.15, 0.2) is 0 Å². The van der Waals surface area contributed by atoms with E-state index in [0.717, 1.165) is 39.8 Å². The van der Waals surface area contributed by atoms with Gasteiger partial charge < -0.3 is 9.67 Å². The Morgan fingerprint density at radius 2 is 1.09 bits per heavy atom. The van der Waals surface area contributed by atoms with Gasteiger partial charge in [-0.05, 0) is 106 Å². The van der Waals surface area contributed by atoms with Gasteiger partial charge in [0.25, 0.3) is 0 Å². The molecule has 4 aromatic carbocycles. The van der Waals surface area contributed by atoms with Crippen LogP contribution in [0.1, 0.15) is 110 Å². The van der Waals surface area contributed by atoms with Crippen molar-refractivity contribution in [1.82, 2.24) is 4.57 Å². The Balaban J connectivity index is 1.93. The number of hydrogen-bond donors (Lipinski definition) is 1. The highest BCUT2D eigenvalue weighted by atomic mass is 16.3. The molecule has 1 heterocycles. The average Bonchev–Trinajstić information content (AvgIpc) is 3.21. The summed E-state index contributed by atoms with van der Waals surface area (Å²) in [6, 6.07) is 24.8. The van der Waals surface area contributed by atoms with Crippen LogP contribution in [0, 0.1) is 19.3 Å². The molecule has 232 valence electrons. The second-order valence-corrected chi connectivity index (χ2v) is 17.1. The molecule has 0 amide bonds. The first-order valence-electron chi connectivity index (χ1n) is 16.2. The summed E-state index contributed by atoms with van der Waals surface area (Å²) in [6.07, 6.45) is 1.02. The van der Waals surface area contributed by atoms with Crippen molar-refractivity contribution in [3.05, 3.63) is 94.5 Å². The number of nitrogens with zero attached hydrogens (tertiary/aromatic N) is 1. The fraction of sp³-hybridized carbons (Fsp3) is 0.429. The average molecular weight is 588 g/mol. The largest absolute Gasteiger partial charge is 0.505 e. The van der Waals surface area contributed by atoms with Gasteiger partial charge >= 0.3 is 0 Å². The Labute approximate surface area is 266 Å². The molecule has 2 heteroatoms. The SMILES string of the molecule is Cc1ccc(C)c(-c2cc(C(C)(C)CC(C)(C)C)cc(-n3c4ccc(C(C)(C)C)cc4c4cc(C(C)(C)C)ccc43)c2O)c1. The number of phenols is 1. The van der Waals surface area contributed by atoms with Gasteiger partial charge in [-0.25, -0.2) is 0 Å². The van der Waals surface area contributed by atoms with Gasteiger partial charge in [0.1, 0.15) is 5.75 Å². The van der Waals surface area contributed by atoms with Crippen molar-refractivity contribution < 1.29 is 5.11 Å². The van der Waals surface area contributed by atoms with Gasteiger partial charge in [-0.15, -0.1) is 0 Å². The molecule has 0 spiro atoms. The first-order valence-corrected chi connectivity index (χ1v) is 16.2. The molecule has 0 aliphatic carbocycles. The van der Waals surface area contributed by atoms with Crippen molar-refractivity contribution >= 4 is 21.8 Å². The van der Waals surface area contributed by atoms with Gasteiger partial charge in [-0.2, -0.15) is 0 Å². The second kappa shape index (κ2) is 10.5. The van der Waals surface area contributed by atoms with E-state index in [9.17, 15) is 5.11 Å². The van der Waals surface area contributed by atoms with Crippen LogP contribution < -0.4 is 0 Å². The zero-order valence-corrected chi connectivity index (χ0v) is 29.5. The summed E-state index contributed by atoms with van der Waals surface area (Å²) in [5, 5.41) is 14.8. The number of phenolic OH excluding ortho intramolecular Hbond substituents is 1. The molecular weight excluding hydrogens is 534 g/mol. The van der Waals surface area contributed by atoms with Crippen molar-refractivity contribution in [1.29, 1.82) is 0 Å². The fourth-order valence-corrected chi connectivity index (χ4v) is 7.06.